The number of fused-ring (bicyclic) bond motifs is 10. The summed E-state index contributed by atoms with van der Waals surface area (Å²) >= 11 is 0. The Bertz CT molecular complexity index is 2190. The molecule has 5 heteroatoms. The van der Waals surface area contributed by atoms with Crippen LogP contribution in [0, 0.1) is 0 Å². The molecule has 0 amide bonds. The number of benzene rings is 4. The summed E-state index contributed by atoms with van der Waals surface area (Å²) in [6, 6.07) is 27.1. The van der Waals surface area contributed by atoms with Crippen molar-refractivity contribution in [1.82, 2.24) is 4.98 Å². The van der Waals surface area contributed by atoms with Gasteiger partial charge in [-0.2, -0.15) is 0 Å². The number of furan rings is 3. The second-order valence-corrected chi connectivity index (χ2v) is 15.8. The lowest BCUT2D eigenvalue weighted by Crippen LogP contribution is -2.37. The molecule has 0 bridgehead atoms. The number of hydrogen-bond acceptors (Lipinski definition) is 4. The van der Waals surface area contributed by atoms with Crippen LogP contribution in [0.3, 0.4) is 0 Å². The van der Waals surface area contributed by atoms with Crippen LogP contribution in [0.15, 0.2) is 98.3 Å². The highest BCUT2D eigenvalue weighted by Crippen LogP contribution is 2.41. The summed E-state index contributed by atoms with van der Waals surface area (Å²) in [6.45, 7) is 7.04. The number of aromatic nitrogens is 1. The lowest BCUT2D eigenvalue weighted by molar-refractivity contribution is 0.634. The highest BCUT2D eigenvalue weighted by atomic mass is 28.3. The zero-order valence-corrected chi connectivity index (χ0v) is 21.8. The molecule has 0 aliphatic heterocycles. The molecule has 4 nitrogen and oxygen atoms in total. The predicted molar refractivity (Wildman–Crippen MR) is 154 cm³/mol. The van der Waals surface area contributed by atoms with Gasteiger partial charge < -0.3 is 13.3 Å². The molecular formula is C32H23NO3Si. The third-order valence-electron chi connectivity index (χ3n) is 7.48. The molecule has 0 aliphatic rings. The van der Waals surface area contributed by atoms with Crippen LogP contribution in [-0.4, -0.2) is 13.1 Å². The van der Waals surface area contributed by atoms with Gasteiger partial charge in [0.15, 0.2) is 11.2 Å². The maximum Gasteiger partial charge on any atom is 0.178 e. The largest absolute Gasteiger partial charge is 0.456 e. The summed E-state index contributed by atoms with van der Waals surface area (Å²) < 4.78 is 19.3. The van der Waals surface area contributed by atoms with E-state index in [0.717, 1.165) is 77.1 Å². The molecule has 4 aromatic carbocycles. The highest BCUT2D eigenvalue weighted by molar-refractivity contribution is 6.90. The van der Waals surface area contributed by atoms with Crippen LogP contribution in [0.4, 0.5) is 0 Å². The van der Waals surface area contributed by atoms with Crippen molar-refractivity contribution in [1.29, 1.82) is 0 Å². The second-order valence-electron chi connectivity index (χ2n) is 10.8. The Kier molecular flexibility index (Phi) is 4.00. The number of pyridine rings is 1. The molecule has 0 saturated carbocycles. The van der Waals surface area contributed by atoms with Crippen molar-refractivity contribution < 1.29 is 13.3 Å². The first-order valence-corrected chi connectivity index (χ1v) is 16.0. The van der Waals surface area contributed by atoms with Gasteiger partial charge in [-0.25, -0.2) is 0 Å². The van der Waals surface area contributed by atoms with Gasteiger partial charge in [-0.05, 0) is 29.5 Å². The monoisotopic (exact) mass is 497 g/mol. The van der Waals surface area contributed by atoms with Crippen LogP contribution < -0.4 is 5.19 Å². The summed E-state index contributed by atoms with van der Waals surface area (Å²) in [4.78, 5) is 4.88. The van der Waals surface area contributed by atoms with Gasteiger partial charge in [-0.15, -0.1) is 0 Å². The van der Waals surface area contributed by atoms with Gasteiger partial charge in [0.1, 0.15) is 22.3 Å². The van der Waals surface area contributed by atoms with Crippen molar-refractivity contribution in [2.45, 2.75) is 19.6 Å². The van der Waals surface area contributed by atoms with Gasteiger partial charge in [-0.3, -0.25) is 4.98 Å². The molecule has 0 fully saturated rings. The lowest BCUT2D eigenvalue weighted by atomic mass is 10.0. The first kappa shape index (κ1) is 20.8. The standard InChI is InChI=1S/C32H23NO3Si/c1-37(2,3)28-13-7-10-20-24-17-33-25(16-27(24)35-30(20)28)23-11-6-9-19-22-15-14-21-18-8-4-5-12-26(18)34-31(21)32(22)36-29(19)23/h4-17H,1-3H3. The molecule has 0 radical (unpaired) electrons. The van der Waals surface area contributed by atoms with Crippen molar-refractivity contribution in [3.05, 3.63) is 85.1 Å². The number of nitrogens with zero attached hydrogens (tertiary/aromatic N) is 1. The van der Waals surface area contributed by atoms with Crippen molar-refractivity contribution in [2.24, 2.45) is 0 Å². The molecule has 0 saturated heterocycles. The maximum absolute atomic E-state index is 6.56. The van der Waals surface area contributed by atoms with Crippen LogP contribution in [0.25, 0.3) is 77.1 Å². The molecule has 8 rings (SSSR count). The molecule has 4 heterocycles. The van der Waals surface area contributed by atoms with E-state index in [1.807, 2.05) is 30.5 Å². The Morgan fingerprint density at radius 1 is 0.541 bits per heavy atom. The van der Waals surface area contributed by atoms with Gasteiger partial charge in [-0.1, -0.05) is 68.2 Å². The number of rotatable bonds is 2. The Labute approximate surface area is 213 Å². The van der Waals surface area contributed by atoms with Crippen molar-refractivity contribution in [3.8, 4) is 11.3 Å². The van der Waals surface area contributed by atoms with E-state index in [2.05, 4.69) is 74.2 Å². The molecule has 37 heavy (non-hydrogen) atoms. The van der Waals surface area contributed by atoms with E-state index in [4.69, 9.17) is 18.2 Å². The van der Waals surface area contributed by atoms with Gasteiger partial charge in [0.25, 0.3) is 0 Å². The summed E-state index contributed by atoms with van der Waals surface area (Å²) in [7, 11) is -1.57. The van der Waals surface area contributed by atoms with Crippen LogP contribution in [0.2, 0.25) is 19.6 Å². The molecule has 0 unspecified atom stereocenters. The molecule has 0 spiro atoms. The van der Waals surface area contributed by atoms with Crippen molar-refractivity contribution in [3.63, 3.8) is 0 Å². The molecule has 0 aliphatic carbocycles. The topological polar surface area (TPSA) is 52.3 Å². The molecular weight excluding hydrogens is 474 g/mol. The Morgan fingerprint density at radius 2 is 1.19 bits per heavy atom. The number of hydrogen-bond donors (Lipinski definition) is 0. The van der Waals surface area contributed by atoms with Crippen LogP contribution >= 0.6 is 0 Å². The minimum Gasteiger partial charge on any atom is -0.456 e. The maximum atomic E-state index is 6.56. The fourth-order valence-corrected chi connectivity index (χ4v) is 7.13. The fourth-order valence-electron chi connectivity index (χ4n) is 5.67. The summed E-state index contributed by atoms with van der Waals surface area (Å²) in [6.07, 6.45) is 1.93. The Morgan fingerprint density at radius 3 is 2.03 bits per heavy atom. The van der Waals surface area contributed by atoms with Gasteiger partial charge in [0, 0.05) is 50.1 Å². The first-order valence-electron chi connectivity index (χ1n) is 12.5. The van der Waals surface area contributed by atoms with E-state index in [0.29, 0.717) is 0 Å². The van der Waals surface area contributed by atoms with E-state index >= 15 is 0 Å². The highest BCUT2D eigenvalue weighted by Gasteiger charge is 2.23. The van der Waals surface area contributed by atoms with E-state index in [1.54, 1.807) is 0 Å². The average Bonchev–Trinajstić information content (AvgIpc) is 3.58. The van der Waals surface area contributed by atoms with E-state index in [-0.39, 0.29) is 0 Å². The van der Waals surface area contributed by atoms with E-state index in [9.17, 15) is 0 Å². The average molecular weight is 498 g/mol. The lowest BCUT2D eigenvalue weighted by Gasteiger charge is -2.16. The predicted octanol–water partition coefficient (Wildman–Crippen LogP) is 8.99. The van der Waals surface area contributed by atoms with Crippen molar-refractivity contribution in [2.75, 3.05) is 0 Å². The van der Waals surface area contributed by atoms with Crippen LogP contribution in [0.5, 0.6) is 0 Å². The fraction of sp³-hybridized carbons (Fsp3) is 0.0938. The summed E-state index contributed by atoms with van der Waals surface area (Å²) in [5.74, 6) is 0. The Balaban J connectivity index is 1.38. The minimum atomic E-state index is -1.57. The third-order valence-corrected chi connectivity index (χ3v) is 9.49. The molecule has 0 N–H and O–H groups in total. The first-order chi connectivity index (χ1) is 18.0. The second kappa shape index (κ2) is 7.11. The third kappa shape index (κ3) is 2.86. The number of para-hydroxylation sites is 3. The SMILES string of the molecule is C[Si](C)(C)c1cccc2c1oc1cc(-c3cccc4c3oc3c4ccc4c5ccccc5oc43)ncc12. The normalized spacial score (nSPS) is 12.7. The van der Waals surface area contributed by atoms with Gasteiger partial charge >= 0.3 is 0 Å². The molecule has 8 aromatic rings. The zero-order chi connectivity index (χ0) is 24.9. The van der Waals surface area contributed by atoms with Gasteiger partial charge in [0.05, 0.1) is 13.8 Å². The quantitative estimate of drug-likeness (QED) is 0.224. The molecule has 178 valence electrons. The van der Waals surface area contributed by atoms with Crippen molar-refractivity contribution >= 4 is 79.1 Å². The molecule has 4 aromatic heterocycles. The zero-order valence-electron chi connectivity index (χ0n) is 20.8. The summed E-state index contributed by atoms with van der Waals surface area (Å²) in [5, 5.41) is 7.73. The van der Waals surface area contributed by atoms with E-state index in [1.165, 1.54) is 5.19 Å². The van der Waals surface area contributed by atoms with Gasteiger partial charge in [0.2, 0.25) is 0 Å². The summed E-state index contributed by atoms with van der Waals surface area (Å²) in [5.41, 5.74) is 6.80. The Hall–Kier alpha value is -4.35. The molecule has 0 atom stereocenters. The smallest absolute Gasteiger partial charge is 0.178 e. The van der Waals surface area contributed by atoms with E-state index < -0.39 is 8.07 Å². The minimum absolute atomic E-state index is 0.765. The van der Waals surface area contributed by atoms with Crippen LogP contribution in [0.1, 0.15) is 0 Å². The van der Waals surface area contributed by atoms with Crippen LogP contribution in [-0.2, 0) is 0 Å².